The number of fused-ring (bicyclic) bond motifs is 9. The number of rotatable bonds is 1. The fourth-order valence-electron chi connectivity index (χ4n) is 5.71. The maximum Gasteiger partial charge on any atom is 0.269 e. The molecule has 1 atom stereocenters. The lowest BCUT2D eigenvalue weighted by Gasteiger charge is -2.37. The first-order valence-corrected chi connectivity index (χ1v) is 11.7. The molecule has 0 aromatic heterocycles. The Bertz CT molecular complexity index is 1740. The lowest BCUT2D eigenvalue weighted by atomic mass is 9.66. The minimum Gasteiger partial charge on any atom is -0.354 e. The highest BCUT2D eigenvalue weighted by Crippen LogP contribution is 2.59. The van der Waals surface area contributed by atoms with Crippen LogP contribution in [0.4, 0.5) is 17.1 Å². The number of anilines is 2. The number of carbonyl (C=O) groups excluding carboxylic acids is 2. The lowest BCUT2D eigenvalue weighted by molar-refractivity contribution is -0.384. The van der Waals surface area contributed by atoms with Crippen molar-refractivity contribution in [1.29, 1.82) is 0 Å². The van der Waals surface area contributed by atoms with E-state index >= 15 is 0 Å². The molecule has 7 nitrogen and oxygen atoms in total. The topological polar surface area (TPSA) is 101 Å². The molecule has 0 unspecified atom stereocenters. The average Bonchev–Trinajstić information content (AvgIpc) is 3.31. The molecular formula is C27H14BrN3O4. The first kappa shape index (κ1) is 20.1. The number of carbonyl (C=O) groups is 2. The van der Waals surface area contributed by atoms with E-state index in [1.54, 1.807) is 12.1 Å². The van der Waals surface area contributed by atoms with E-state index in [1.165, 1.54) is 18.2 Å². The van der Waals surface area contributed by atoms with Crippen LogP contribution < -0.4 is 10.6 Å². The fourth-order valence-corrected chi connectivity index (χ4v) is 6.28. The van der Waals surface area contributed by atoms with Crippen LogP contribution in [0.2, 0.25) is 0 Å². The maximum atomic E-state index is 14.0. The zero-order valence-electron chi connectivity index (χ0n) is 17.9. The summed E-state index contributed by atoms with van der Waals surface area (Å²) in [5.74, 6) is -0.681. The summed E-state index contributed by atoms with van der Waals surface area (Å²) in [6.07, 6.45) is 0. The molecule has 8 heteroatoms. The number of ketones is 1. The third-order valence-electron chi connectivity index (χ3n) is 7.15. The number of nitrogens with one attached hydrogen (secondary N) is 2. The van der Waals surface area contributed by atoms with Crippen molar-refractivity contribution < 1.29 is 14.5 Å². The average molecular weight is 524 g/mol. The number of non-ortho nitro benzene ring substituents is 1. The molecule has 0 saturated carbocycles. The third kappa shape index (κ3) is 2.34. The summed E-state index contributed by atoms with van der Waals surface area (Å²) in [7, 11) is 0. The van der Waals surface area contributed by atoms with Crippen molar-refractivity contribution in [3.63, 3.8) is 0 Å². The van der Waals surface area contributed by atoms with Crippen LogP contribution in [0.5, 0.6) is 0 Å². The third-order valence-corrected chi connectivity index (χ3v) is 7.80. The van der Waals surface area contributed by atoms with Crippen molar-refractivity contribution >= 4 is 61.2 Å². The van der Waals surface area contributed by atoms with Gasteiger partial charge in [0, 0.05) is 55.5 Å². The van der Waals surface area contributed by atoms with E-state index in [-0.39, 0.29) is 17.0 Å². The van der Waals surface area contributed by atoms with Crippen LogP contribution in [-0.2, 0) is 10.2 Å². The molecule has 1 aliphatic carbocycles. The molecule has 3 aliphatic rings. The van der Waals surface area contributed by atoms with Crippen LogP contribution in [0.3, 0.4) is 0 Å². The first-order chi connectivity index (χ1) is 16.9. The second-order valence-electron chi connectivity index (χ2n) is 8.77. The second-order valence-corrected chi connectivity index (χ2v) is 9.62. The molecule has 0 saturated heterocycles. The van der Waals surface area contributed by atoms with E-state index < -0.39 is 16.2 Å². The number of nitro benzene ring substituents is 1. The van der Waals surface area contributed by atoms with Gasteiger partial charge < -0.3 is 10.6 Å². The van der Waals surface area contributed by atoms with Gasteiger partial charge in [0.2, 0.25) is 5.91 Å². The summed E-state index contributed by atoms with van der Waals surface area (Å²) < 4.78 is 0.756. The van der Waals surface area contributed by atoms with E-state index in [0.29, 0.717) is 39.3 Å². The number of halogens is 1. The molecule has 4 aromatic rings. The Morgan fingerprint density at radius 3 is 2.31 bits per heavy atom. The highest BCUT2D eigenvalue weighted by atomic mass is 79.9. The summed E-state index contributed by atoms with van der Waals surface area (Å²) in [5.41, 5.74) is 2.45. The summed E-state index contributed by atoms with van der Waals surface area (Å²) >= 11 is 3.65. The molecule has 1 spiro atoms. The van der Waals surface area contributed by atoms with E-state index in [9.17, 15) is 19.7 Å². The number of Topliss-reactive ketones (excluding diaryl/α,β-unsaturated/α-hetero) is 1. The molecule has 0 radical (unpaired) electrons. The number of amides is 1. The van der Waals surface area contributed by atoms with Gasteiger partial charge in [-0.05, 0) is 17.5 Å². The molecule has 7 rings (SSSR count). The Labute approximate surface area is 206 Å². The molecule has 4 aromatic carbocycles. The summed E-state index contributed by atoms with van der Waals surface area (Å²) in [5, 5.41) is 19.9. The molecule has 168 valence electrons. The predicted molar refractivity (Wildman–Crippen MR) is 135 cm³/mol. The van der Waals surface area contributed by atoms with Gasteiger partial charge >= 0.3 is 0 Å². The van der Waals surface area contributed by atoms with Crippen molar-refractivity contribution in [3.8, 4) is 0 Å². The van der Waals surface area contributed by atoms with E-state index in [0.717, 1.165) is 15.2 Å². The lowest BCUT2D eigenvalue weighted by Crippen LogP contribution is -2.43. The Balaban J connectivity index is 1.68. The zero-order chi connectivity index (χ0) is 24.1. The van der Waals surface area contributed by atoms with Crippen LogP contribution in [0.1, 0.15) is 27.0 Å². The standard InChI is InChI=1S/C27H14BrN3O4/c28-20-12-19-23(15-6-2-1-5-14(15)20)30-24-16-7-3-4-8-17(16)25(32)22(24)27(19)18-11-13(31(34)35)9-10-21(18)29-26(27)33/h1-12,30H,(H,29,33)/t27-/m1/s1. The van der Waals surface area contributed by atoms with Gasteiger partial charge in [0.1, 0.15) is 5.41 Å². The number of nitro groups is 1. The summed E-state index contributed by atoms with van der Waals surface area (Å²) in [6, 6.07) is 21.1. The molecule has 2 aliphatic heterocycles. The molecule has 0 bridgehead atoms. The molecular weight excluding hydrogens is 510 g/mol. The number of hydrogen-bond donors (Lipinski definition) is 2. The summed E-state index contributed by atoms with van der Waals surface area (Å²) in [6.45, 7) is 0. The van der Waals surface area contributed by atoms with Gasteiger partial charge in [-0.2, -0.15) is 0 Å². The minimum atomic E-state index is -1.56. The van der Waals surface area contributed by atoms with Crippen LogP contribution in [-0.4, -0.2) is 16.6 Å². The number of benzene rings is 4. The first-order valence-electron chi connectivity index (χ1n) is 10.9. The Morgan fingerprint density at radius 2 is 1.54 bits per heavy atom. The van der Waals surface area contributed by atoms with E-state index in [1.807, 2.05) is 42.5 Å². The van der Waals surface area contributed by atoms with Gasteiger partial charge in [0.05, 0.1) is 16.3 Å². The molecule has 2 N–H and O–H groups in total. The van der Waals surface area contributed by atoms with Gasteiger partial charge in [-0.25, -0.2) is 0 Å². The Kier molecular flexibility index (Phi) is 3.81. The van der Waals surface area contributed by atoms with Gasteiger partial charge in [-0.1, -0.05) is 64.5 Å². The second kappa shape index (κ2) is 6.64. The minimum absolute atomic E-state index is 0.148. The molecule has 0 fully saturated rings. The van der Waals surface area contributed by atoms with Crippen molar-refractivity contribution in [2.45, 2.75) is 5.41 Å². The number of nitrogens with zero attached hydrogens (tertiary/aromatic N) is 1. The maximum absolute atomic E-state index is 14.0. The van der Waals surface area contributed by atoms with Crippen LogP contribution in [0.15, 0.2) is 82.8 Å². The van der Waals surface area contributed by atoms with Crippen molar-refractivity contribution in [1.82, 2.24) is 0 Å². The van der Waals surface area contributed by atoms with Crippen LogP contribution >= 0.6 is 15.9 Å². The molecule has 35 heavy (non-hydrogen) atoms. The fraction of sp³-hybridized carbons (Fsp3) is 0.0370. The zero-order valence-corrected chi connectivity index (χ0v) is 19.5. The van der Waals surface area contributed by atoms with Gasteiger partial charge in [-0.15, -0.1) is 0 Å². The van der Waals surface area contributed by atoms with Gasteiger partial charge in [0.25, 0.3) is 5.69 Å². The van der Waals surface area contributed by atoms with Gasteiger partial charge in [0.15, 0.2) is 5.78 Å². The van der Waals surface area contributed by atoms with Crippen molar-refractivity contribution in [2.24, 2.45) is 0 Å². The highest BCUT2D eigenvalue weighted by molar-refractivity contribution is 9.10. The quantitative estimate of drug-likeness (QED) is 0.243. The van der Waals surface area contributed by atoms with E-state index in [4.69, 9.17) is 0 Å². The highest BCUT2D eigenvalue weighted by Gasteiger charge is 2.59. The number of hydrogen-bond acceptors (Lipinski definition) is 5. The molecule has 1 amide bonds. The van der Waals surface area contributed by atoms with Crippen LogP contribution in [0.25, 0.3) is 16.5 Å². The Hall–Kier alpha value is -4.30. The molecule has 2 heterocycles. The van der Waals surface area contributed by atoms with Crippen LogP contribution in [0, 0.1) is 10.1 Å². The Morgan fingerprint density at radius 1 is 0.829 bits per heavy atom. The van der Waals surface area contributed by atoms with E-state index in [2.05, 4.69) is 26.6 Å². The van der Waals surface area contributed by atoms with Crippen molar-refractivity contribution in [2.75, 3.05) is 10.6 Å². The largest absolute Gasteiger partial charge is 0.354 e. The predicted octanol–water partition coefficient (Wildman–Crippen LogP) is 5.78. The monoisotopic (exact) mass is 523 g/mol. The summed E-state index contributed by atoms with van der Waals surface area (Å²) in [4.78, 5) is 39.1. The SMILES string of the molecule is O=C1C2=C(Nc3c(cc(Br)c4ccccc34)[C@@]23C(=O)Nc2ccc([N+](=O)[O-])cc23)c2ccccc21. The normalized spacial score (nSPS) is 19.2. The smallest absolute Gasteiger partial charge is 0.269 e. The van der Waals surface area contributed by atoms with Crippen molar-refractivity contribution in [3.05, 3.63) is 115 Å². The van der Waals surface area contributed by atoms with Gasteiger partial charge in [-0.3, -0.25) is 19.7 Å².